The summed E-state index contributed by atoms with van der Waals surface area (Å²) in [6.07, 6.45) is 0.484. The zero-order chi connectivity index (χ0) is 22.5. The van der Waals surface area contributed by atoms with Crippen LogP contribution in [0, 0.1) is 5.82 Å². The van der Waals surface area contributed by atoms with Crippen LogP contribution < -0.4 is 0 Å². The van der Waals surface area contributed by atoms with E-state index in [1.165, 1.54) is 54.4 Å². The number of benzene rings is 2. The number of aliphatic hydroxyl groups excluding tert-OH is 1. The molecule has 2 aromatic rings. The number of carbonyl (C=O) groups is 3. The van der Waals surface area contributed by atoms with Crippen molar-refractivity contribution in [3.63, 3.8) is 0 Å². The van der Waals surface area contributed by atoms with Crippen LogP contribution in [-0.4, -0.2) is 57.2 Å². The number of aromatic hydroxyl groups is 1. The van der Waals surface area contributed by atoms with Gasteiger partial charge < -0.3 is 15.1 Å². The van der Waals surface area contributed by atoms with Crippen molar-refractivity contribution in [2.75, 3.05) is 20.1 Å². The lowest BCUT2D eigenvalue weighted by atomic mass is 10.1. The third-order valence-corrected chi connectivity index (χ3v) is 5.65. The summed E-state index contributed by atoms with van der Waals surface area (Å²) in [5.41, 5.74) is 1.14. The Kier molecular flexibility index (Phi) is 7.09. The van der Waals surface area contributed by atoms with Crippen LogP contribution in [0.1, 0.15) is 23.7 Å². The van der Waals surface area contributed by atoms with Crippen molar-refractivity contribution in [1.82, 2.24) is 9.80 Å². The van der Waals surface area contributed by atoms with E-state index < -0.39 is 23.1 Å². The van der Waals surface area contributed by atoms with E-state index in [0.717, 1.165) is 16.7 Å². The van der Waals surface area contributed by atoms with Crippen molar-refractivity contribution in [2.24, 2.45) is 0 Å². The van der Waals surface area contributed by atoms with E-state index in [9.17, 15) is 29.0 Å². The number of rotatable bonds is 7. The summed E-state index contributed by atoms with van der Waals surface area (Å²) in [6, 6.07) is 11.5. The number of phenols is 1. The molecule has 3 rings (SSSR count). The van der Waals surface area contributed by atoms with E-state index in [1.54, 1.807) is 12.1 Å². The fraction of sp³-hybridized carbons (Fsp3) is 0.227. The highest BCUT2D eigenvalue weighted by atomic mass is 32.2. The summed E-state index contributed by atoms with van der Waals surface area (Å²) in [7, 11) is 1.52. The lowest BCUT2D eigenvalue weighted by Gasteiger charge is -2.22. The van der Waals surface area contributed by atoms with E-state index in [-0.39, 0.29) is 36.1 Å². The molecule has 0 spiro atoms. The van der Waals surface area contributed by atoms with E-state index in [4.69, 9.17) is 0 Å². The summed E-state index contributed by atoms with van der Waals surface area (Å²) >= 11 is 0.769. The standard InChI is InChI=1S/C22H21FN2O5S/c1-24(13-18(27)15-4-8-17(26)9-5-15)20(28)10-11-25-21(29)19(31-22(25)30)12-14-2-6-16(23)7-3-14/h2-9,12,18,26-27H,10-11,13H2,1H3. The second-order valence-corrected chi connectivity index (χ2v) is 8.01. The fourth-order valence-electron chi connectivity index (χ4n) is 2.96. The second kappa shape index (κ2) is 9.76. The third kappa shape index (κ3) is 5.71. The zero-order valence-electron chi connectivity index (χ0n) is 16.7. The first-order chi connectivity index (χ1) is 14.7. The molecule has 1 fully saturated rings. The van der Waals surface area contributed by atoms with Gasteiger partial charge in [0.25, 0.3) is 11.1 Å². The van der Waals surface area contributed by atoms with Gasteiger partial charge in [0, 0.05) is 20.0 Å². The van der Waals surface area contributed by atoms with Gasteiger partial charge in [-0.1, -0.05) is 24.3 Å². The molecule has 1 heterocycles. The van der Waals surface area contributed by atoms with Gasteiger partial charge in [-0.05, 0) is 53.2 Å². The predicted octanol–water partition coefficient (Wildman–Crippen LogP) is 3.15. The van der Waals surface area contributed by atoms with Gasteiger partial charge in [0.2, 0.25) is 5.91 Å². The Morgan fingerprint density at radius 2 is 1.81 bits per heavy atom. The molecule has 2 N–H and O–H groups in total. The minimum absolute atomic E-state index is 0.0238. The van der Waals surface area contributed by atoms with Crippen molar-refractivity contribution in [3.8, 4) is 5.75 Å². The Morgan fingerprint density at radius 3 is 2.45 bits per heavy atom. The van der Waals surface area contributed by atoms with Gasteiger partial charge in [-0.25, -0.2) is 4.39 Å². The molecule has 3 amide bonds. The summed E-state index contributed by atoms with van der Waals surface area (Å²) in [4.78, 5) is 39.7. The molecule has 1 aliphatic rings. The van der Waals surface area contributed by atoms with Crippen LogP contribution in [0.15, 0.2) is 53.4 Å². The van der Waals surface area contributed by atoms with Crippen LogP contribution in [0.4, 0.5) is 9.18 Å². The SMILES string of the molecule is CN(CC(O)c1ccc(O)cc1)C(=O)CCN1C(=O)SC(=Cc2ccc(F)cc2)C1=O. The molecule has 1 unspecified atom stereocenters. The minimum Gasteiger partial charge on any atom is -0.508 e. The Bertz CT molecular complexity index is 1010. The molecule has 31 heavy (non-hydrogen) atoms. The average Bonchev–Trinajstić information content (AvgIpc) is 3.00. The molecular weight excluding hydrogens is 423 g/mol. The van der Waals surface area contributed by atoms with Crippen molar-refractivity contribution in [1.29, 1.82) is 0 Å². The van der Waals surface area contributed by atoms with Gasteiger partial charge in [0.1, 0.15) is 11.6 Å². The molecule has 2 aromatic carbocycles. The first-order valence-corrected chi connectivity index (χ1v) is 10.3. The molecule has 0 aliphatic carbocycles. The maximum absolute atomic E-state index is 13.0. The quantitative estimate of drug-likeness (QED) is 0.637. The monoisotopic (exact) mass is 444 g/mol. The topological polar surface area (TPSA) is 98.2 Å². The van der Waals surface area contributed by atoms with E-state index in [2.05, 4.69) is 0 Å². The first-order valence-electron chi connectivity index (χ1n) is 9.46. The summed E-state index contributed by atoms with van der Waals surface area (Å²) in [5.74, 6) is -1.16. The number of thioether (sulfide) groups is 1. The molecule has 9 heteroatoms. The van der Waals surface area contributed by atoms with Crippen LogP contribution >= 0.6 is 11.8 Å². The highest BCUT2D eigenvalue weighted by molar-refractivity contribution is 8.18. The minimum atomic E-state index is -0.939. The second-order valence-electron chi connectivity index (χ2n) is 7.02. The van der Waals surface area contributed by atoms with E-state index >= 15 is 0 Å². The number of nitrogens with zero attached hydrogens (tertiary/aromatic N) is 2. The predicted molar refractivity (Wildman–Crippen MR) is 114 cm³/mol. The molecule has 1 aliphatic heterocycles. The van der Waals surface area contributed by atoms with Crippen LogP contribution in [0.5, 0.6) is 5.75 Å². The number of halogens is 1. The average molecular weight is 444 g/mol. The van der Waals surface area contributed by atoms with Crippen molar-refractivity contribution in [3.05, 3.63) is 70.4 Å². The highest BCUT2D eigenvalue weighted by Crippen LogP contribution is 2.32. The van der Waals surface area contributed by atoms with Gasteiger partial charge in [-0.3, -0.25) is 19.3 Å². The zero-order valence-corrected chi connectivity index (χ0v) is 17.5. The largest absolute Gasteiger partial charge is 0.508 e. The molecule has 0 bridgehead atoms. The lowest BCUT2D eigenvalue weighted by Crippen LogP contribution is -2.36. The Balaban J connectivity index is 1.55. The molecule has 0 aromatic heterocycles. The van der Waals surface area contributed by atoms with Crippen LogP contribution in [0.2, 0.25) is 0 Å². The van der Waals surface area contributed by atoms with Gasteiger partial charge in [-0.2, -0.15) is 0 Å². The van der Waals surface area contributed by atoms with Gasteiger partial charge >= 0.3 is 0 Å². The normalized spacial score (nSPS) is 16.1. The Hall–Kier alpha value is -3.17. The molecule has 0 saturated carbocycles. The van der Waals surface area contributed by atoms with Gasteiger partial charge in [-0.15, -0.1) is 0 Å². The van der Waals surface area contributed by atoms with Crippen LogP contribution in [-0.2, 0) is 9.59 Å². The number of aliphatic hydroxyl groups is 1. The number of amides is 3. The van der Waals surface area contributed by atoms with Gasteiger partial charge in [0.05, 0.1) is 17.6 Å². The first kappa shape index (κ1) is 22.5. The molecule has 0 radical (unpaired) electrons. The summed E-state index contributed by atoms with van der Waals surface area (Å²) in [6.45, 7) is -0.0557. The summed E-state index contributed by atoms with van der Waals surface area (Å²) in [5, 5.41) is 19.1. The van der Waals surface area contributed by atoms with Crippen molar-refractivity contribution >= 4 is 34.9 Å². The Labute approximate surface area is 182 Å². The third-order valence-electron chi connectivity index (χ3n) is 4.74. The number of hydrogen-bond acceptors (Lipinski definition) is 6. The molecular formula is C22H21FN2O5S. The number of phenolic OH excluding ortho intramolecular Hbond substituents is 1. The molecule has 1 atom stereocenters. The number of hydrogen-bond donors (Lipinski definition) is 2. The number of imide groups is 1. The van der Waals surface area contributed by atoms with Crippen molar-refractivity contribution in [2.45, 2.75) is 12.5 Å². The maximum Gasteiger partial charge on any atom is 0.293 e. The summed E-state index contributed by atoms with van der Waals surface area (Å²) < 4.78 is 13.0. The van der Waals surface area contributed by atoms with Crippen LogP contribution in [0.25, 0.3) is 6.08 Å². The molecule has 7 nitrogen and oxygen atoms in total. The number of carbonyl (C=O) groups excluding carboxylic acids is 3. The van der Waals surface area contributed by atoms with E-state index in [0.29, 0.717) is 11.1 Å². The highest BCUT2D eigenvalue weighted by Gasteiger charge is 2.35. The van der Waals surface area contributed by atoms with E-state index in [1.807, 2.05) is 0 Å². The maximum atomic E-state index is 13.0. The number of likely N-dealkylation sites (N-methyl/N-ethyl adjacent to an activating group) is 1. The van der Waals surface area contributed by atoms with Crippen molar-refractivity contribution < 1.29 is 29.0 Å². The molecule has 1 saturated heterocycles. The molecule has 162 valence electrons. The Morgan fingerprint density at radius 1 is 1.16 bits per heavy atom. The van der Waals surface area contributed by atoms with Crippen LogP contribution in [0.3, 0.4) is 0 Å². The smallest absolute Gasteiger partial charge is 0.293 e. The lowest BCUT2D eigenvalue weighted by molar-refractivity contribution is -0.131. The fourth-order valence-corrected chi connectivity index (χ4v) is 3.83. The van der Waals surface area contributed by atoms with Gasteiger partial charge in [0.15, 0.2) is 0 Å².